The van der Waals surface area contributed by atoms with Crippen molar-refractivity contribution in [1.29, 1.82) is 0 Å². The van der Waals surface area contributed by atoms with Gasteiger partial charge in [0.1, 0.15) is 28.9 Å². The Morgan fingerprint density at radius 3 is 2.27 bits per heavy atom. The van der Waals surface area contributed by atoms with Crippen LogP contribution in [-0.4, -0.2) is 14.3 Å². The molecule has 0 radical (unpaired) electrons. The van der Waals surface area contributed by atoms with E-state index in [1.807, 2.05) is 0 Å². The van der Waals surface area contributed by atoms with Crippen LogP contribution < -0.4 is 14.1 Å². The summed E-state index contributed by atoms with van der Waals surface area (Å²) in [6.07, 6.45) is 4.45. The van der Waals surface area contributed by atoms with Crippen LogP contribution in [0.5, 0.6) is 11.5 Å². The molecule has 11 rings (SSSR count). The molecule has 6 heteroatoms. The second kappa shape index (κ2) is 8.66. The fourth-order valence-electron chi connectivity index (χ4n) is 8.37. The topological polar surface area (TPSA) is 39.7 Å². The Bertz CT molecular complexity index is 2680. The van der Waals surface area contributed by atoms with E-state index in [4.69, 9.17) is 9.84 Å². The van der Waals surface area contributed by atoms with Crippen molar-refractivity contribution in [2.45, 2.75) is 31.8 Å². The van der Waals surface area contributed by atoms with E-state index in [2.05, 4.69) is 173 Å². The van der Waals surface area contributed by atoms with Gasteiger partial charge in [0.15, 0.2) is 22.3 Å². The second-order valence-corrected chi connectivity index (χ2v) is 14.2. The molecule has 0 fully saturated rings. The average Bonchev–Trinajstić information content (AvgIpc) is 3.78. The molecule has 5 aromatic carbocycles. The van der Waals surface area contributed by atoms with Gasteiger partial charge in [-0.05, 0) is 64.6 Å². The van der Waals surface area contributed by atoms with Crippen LogP contribution in [0.15, 0.2) is 134 Å². The van der Waals surface area contributed by atoms with Crippen LogP contribution in [0.4, 0.5) is 0 Å². The predicted molar refractivity (Wildman–Crippen MR) is 186 cm³/mol. The number of para-hydroxylation sites is 1. The van der Waals surface area contributed by atoms with E-state index >= 15 is 0 Å². The molecule has 228 valence electrons. The Morgan fingerprint density at radius 2 is 1.44 bits per heavy atom. The lowest BCUT2D eigenvalue weighted by Gasteiger charge is -2.32. The van der Waals surface area contributed by atoms with E-state index in [0.717, 1.165) is 50.9 Å². The molecule has 8 aromatic rings. The fourth-order valence-corrected chi connectivity index (χ4v) is 8.37. The predicted octanol–water partition coefficient (Wildman–Crippen LogP) is 8.21. The van der Waals surface area contributed by atoms with E-state index in [1.165, 1.54) is 33.0 Å². The Labute approximate surface area is 277 Å². The molecular weight excluding hydrogens is 590 g/mol. The van der Waals surface area contributed by atoms with Gasteiger partial charge >= 0.3 is 5.66 Å². The maximum atomic E-state index is 6.81. The minimum absolute atomic E-state index is 0.0312. The molecule has 1 spiro atoms. The summed E-state index contributed by atoms with van der Waals surface area (Å²) in [6, 6.07) is 43.4. The van der Waals surface area contributed by atoms with Gasteiger partial charge in [-0.3, -0.25) is 0 Å². The smallest absolute Gasteiger partial charge is 0.423 e. The van der Waals surface area contributed by atoms with Crippen molar-refractivity contribution in [1.82, 2.24) is 14.3 Å². The summed E-state index contributed by atoms with van der Waals surface area (Å²) < 4.78 is 13.9. The van der Waals surface area contributed by atoms with Crippen LogP contribution in [0.3, 0.4) is 0 Å². The molecule has 3 aliphatic heterocycles. The number of rotatable bonds is 2. The first kappa shape index (κ1) is 26.1. The number of aromatic nitrogens is 5. The van der Waals surface area contributed by atoms with Gasteiger partial charge < -0.3 is 4.74 Å². The Morgan fingerprint density at radius 1 is 0.688 bits per heavy atom. The lowest BCUT2D eigenvalue weighted by molar-refractivity contribution is -1.02. The molecule has 0 saturated carbocycles. The molecule has 1 unspecified atom stereocenters. The van der Waals surface area contributed by atoms with Crippen LogP contribution in [0.25, 0.3) is 55.7 Å². The highest BCUT2D eigenvalue weighted by Gasteiger charge is 2.70. The third-order valence-electron chi connectivity index (χ3n) is 10.6. The number of benzene rings is 5. The largest absolute Gasteiger partial charge is 0.456 e. The van der Waals surface area contributed by atoms with E-state index in [1.54, 1.807) is 0 Å². The third kappa shape index (κ3) is 3.06. The Kier molecular flexibility index (Phi) is 4.71. The van der Waals surface area contributed by atoms with Crippen LogP contribution in [-0.2, 0) is 11.1 Å². The highest BCUT2D eigenvalue weighted by atomic mass is 16.5. The first-order chi connectivity index (χ1) is 23.4. The van der Waals surface area contributed by atoms with Gasteiger partial charge in [0.2, 0.25) is 0 Å². The molecular formula is C42H31N5O+2. The minimum Gasteiger partial charge on any atom is -0.456 e. The second-order valence-electron chi connectivity index (χ2n) is 14.2. The minimum atomic E-state index is -0.808. The zero-order chi connectivity index (χ0) is 31.9. The van der Waals surface area contributed by atoms with E-state index < -0.39 is 5.66 Å². The lowest BCUT2D eigenvalue weighted by Crippen LogP contribution is -2.77. The average molecular weight is 622 g/mol. The van der Waals surface area contributed by atoms with E-state index in [0.29, 0.717) is 0 Å². The monoisotopic (exact) mass is 621 g/mol. The van der Waals surface area contributed by atoms with Crippen LogP contribution >= 0.6 is 0 Å². The van der Waals surface area contributed by atoms with Crippen LogP contribution in [0.2, 0.25) is 0 Å². The molecule has 3 aliphatic rings. The molecule has 3 aromatic heterocycles. The maximum absolute atomic E-state index is 6.81. The number of fused-ring (bicyclic) bond motifs is 7. The number of hydrogen-bond donors (Lipinski definition) is 0. The molecule has 48 heavy (non-hydrogen) atoms. The molecule has 0 N–H and O–H groups in total. The number of nitrogens with zero attached hydrogens (tertiary/aromatic N) is 5. The first-order valence-corrected chi connectivity index (χ1v) is 16.6. The van der Waals surface area contributed by atoms with Crippen molar-refractivity contribution in [3.63, 3.8) is 0 Å². The molecule has 0 saturated heterocycles. The van der Waals surface area contributed by atoms with Crippen molar-refractivity contribution in [2.24, 2.45) is 0 Å². The van der Waals surface area contributed by atoms with Gasteiger partial charge in [-0.2, -0.15) is 9.13 Å². The first-order valence-electron chi connectivity index (χ1n) is 16.6. The van der Waals surface area contributed by atoms with Gasteiger partial charge in [-0.25, -0.2) is 0 Å². The SMILES string of the molecule is CC(C)(C)c1cc[n+]2c(c1)-n1c3ccccc3c3ccc4c(c31)C21c2c(cccc2-n2cc(-c3ccc(-c5ccccc5)cc3)n[n+]21)O4. The fraction of sp³-hybridized carbons (Fsp3) is 0.119. The summed E-state index contributed by atoms with van der Waals surface area (Å²) in [6.45, 7) is 6.85. The number of ether oxygens (including phenoxy) is 1. The highest BCUT2D eigenvalue weighted by Crippen LogP contribution is 2.55. The summed E-state index contributed by atoms with van der Waals surface area (Å²) in [5.41, 5.74) is 10.4. The van der Waals surface area contributed by atoms with Crippen molar-refractivity contribution in [3.05, 3.63) is 150 Å². The van der Waals surface area contributed by atoms with Crippen molar-refractivity contribution in [3.8, 4) is 45.4 Å². The Balaban J connectivity index is 1.25. The quantitative estimate of drug-likeness (QED) is 0.183. The van der Waals surface area contributed by atoms with Gasteiger partial charge in [0, 0.05) is 27.5 Å². The summed E-state index contributed by atoms with van der Waals surface area (Å²) in [5, 5.41) is 7.94. The normalized spacial score (nSPS) is 16.5. The molecule has 0 bridgehead atoms. The summed E-state index contributed by atoms with van der Waals surface area (Å²) >= 11 is 0. The molecule has 0 aliphatic carbocycles. The van der Waals surface area contributed by atoms with Gasteiger partial charge in [0.05, 0.1) is 11.0 Å². The summed E-state index contributed by atoms with van der Waals surface area (Å²) in [5.74, 6) is 2.82. The molecule has 0 amide bonds. The van der Waals surface area contributed by atoms with Gasteiger partial charge in [-0.15, -0.1) is 0 Å². The summed E-state index contributed by atoms with van der Waals surface area (Å²) in [4.78, 5) is 2.20. The van der Waals surface area contributed by atoms with Crippen molar-refractivity contribution in [2.75, 3.05) is 0 Å². The maximum Gasteiger partial charge on any atom is 0.423 e. The number of hydrogen-bond acceptors (Lipinski definition) is 2. The van der Waals surface area contributed by atoms with E-state index in [9.17, 15) is 0 Å². The number of pyridine rings is 1. The summed E-state index contributed by atoms with van der Waals surface area (Å²) in [7, 11) is 0. The Hall–Kier alpha value is -6.01. The van der Waals surface area contributed by atoms with Crippen LogP contribution in [0.1, 0.15) is 37.5 Å². The zero-order valence-corrected chi connectivity index (χ0v) is 26.8. The molecule has 6 nitrogen and oxygen atoms in total. The highest BCUT2D eigenvalue weighted by molar-refractivity contribution is 6.11. The zero-order valence-electron chi connectivity index (χ0n) is 26.8. The van der Waals surface area contributed by atoms with Crippen LogP contribution in [0, 0.1) is 0 Å². The van der Waals surface area contributed by atoms with Crippen molar-refractivity contribution < 1.29 is 14.1 Å². The molecule has 6 heterocycles. The third-order valence-corrected chi connectivity index (χ3v) is 10.6. The van der Waals surface area contributed by atoms with Gasteiger partial charge in [0.25, 0.3) is 5.82 Å². The van der Waals surface area contributed by atoms with Crippen molar-refractivity contribution >= 4 is 21.8 Å². The lowest BCUT2D eigenvalue weighted by atomic mass is 9.83. The molecule has 1 atom stereocenters. The van der Waals surface area contributed by atoms with E-state index in [-0.39, 0.29) is 5.41 Å². The standard InChI is InChI=1S/C42H31N5O/c1-41(2,3)29-22-23-44-37(24-29)46-33-13-8-7-12-30(33)31-20-21-36-39(40(31)46)42(44)38-34(14-9-15-35(38)48-36)45-25-32(43-47(42)45)28-18-16-27(17-19-28)26-10-5-4-6-11-26/h4-25H,1-3H3/q+2. The van der Waals surface area contributed by atoms with Gasteiger partial charge in [-0.1, -0.05) is 98.2 Å².